The molecule has 0 amide bonds. The van der Waals surface area contributed by atoms with Crippen molar-refractivity contribution in [3.05, 3.63) is 54.4 Å². The number of pyridine rings is 1. The Bertz CT molecular complexity index is 1460. The Morgan fingerprint density at radius 2 is 1.85 bits per heavy atom. The summed E-state index contributed by atoms with van der Waals surface area (Å²) in [5, 5.41) is 18.8. The minimum absolute atomic E-state index is 0.183. The Morgan fingerprint density at radius 1 is 1.00 bits per heavy atom. The molecule has 0 saturated carbocycles. The van der Waals surface area contributed by atoms with Gasteiger partial charge in [-0.05, 0) is 81.3 Å². The van der Waals surface area contributed by atoms with Crippen LogP contribution >= 0.6 is 0 Å². The highest BCUT2D eigenvalue weighted by Crippen LogP contribution is 2.39. The number of nitrogen functional groups attached to an aromatic ring is 1. The first-order valence-electron chi connectivity index (χ1n) is 14.9. The number of phenols is 1. The van der Waals surface area contributed by atoms with Crippen LogP contribution in [-0.4, -0.2) is 82.2 Å². The SMILES string of the molecule is Nc1nnc(-c2ccccc2O)cc1N1CC2CCC(C1)N2c1ccnc(C#CCN2CCCC[C@@H]3OCC[C@@H]32)c1. The predicted octanol–water partition coefficient (Wildman–Crippen LogP) is 3.68. The number of phenolic OH excluding ortho intramolecular Hbond substituents is 1. The Morgan fingerprint density at radius 3 is 2.71 bits per heavy atom. The second-order valence-corrected chi connectivity index (χ2v) is 11.6. The number of para-hydroxylation sites is 1. The molecule has 4 atom stereocenters. The van der Waals surface area contributed by atoms with Crippen LogP contribution in [-0.2, 0) is 4.74 Å². The van der Waals surface area contributed by atoms with E-state index in [0.717, 1.165) is 63.4 Å². The lowest BCUT2D eigenvalue weighted by atomic mass is 10.1. The third-order valence-electron chi connectivity index (χ3n) is 9.17. The summed E-state index contributed by atoms with van der Waals surface area (Å²) in [5.74, 6) is 7.38. The van der Waals surface area contributed by atoms with Crippen molar-refractivity contribution in [1.82, 2.24) is 20.1 Å². The van der Waals surface area contributed by atoms with Gasteiger partial charge in [0, 0.05) is 55.3 Å². The minimum atomic E-state index is 0.183. The van der Waals surface area contributed by atoms with Crippen LogP contribution in [0.3, 0.4) is 0 Å². The average Bonchev–Trinajstić information content (AvgIpc) is 3.50. The van der Waals surface area contributed by atoms with Gasteiger partial charge in [0.05, 0.1) is 24.0 Å². The summed E-state index contributed by atoms with van der Waals surface area (Å²) in [4.78, 5) is 12.0. The van der Waals surface area contributed by atoms with E-state index in [-0.39, 0.29) is 5.75 Å². The summed E-state index contributed by atoms with van der Waals surface area (Å²) < 4.78 is 5.98. The first-order chi connectivity index (χ1) is 20.1. The van der Waals surface area contributed by atoms with Crippen LogP contribution in [0.4, 0.5) is 17.2 Å². The second-order valence-electron chi connectivity index (χ2n) is 11.6. The Balaban J connectivity index is 1.06. The lowest BCUT2D eigenvalue weighted by Gasteiger charge is -2.43. The van der Waals surface area contributed by atoms with Gasteiger partial charge >= 0.3 is 0 Å². The number of nitrogens with two attached hydrogens (primary N) is 1. The van der Waals surface area contributed by atoms with Crippen molar-refractivity contribution in [2.24, 2.45) is 0 Å². The summed E-state index contributed by atoms with van der Waals surface area (Å²) in [7, 11) is 0. The Labute approximate surface area is 241 Å². The zero-order valence-corrected chi connectivity index (χ0v) is 23.3. The number of hydrogen-bond donors (Lipinski definition) is 2. The Hall–Kier alpha value is -3.87. The van der Waals surface area contributed by atoms with Crippen molar-refractivity contribution in [2.45, 2.75) is 62.8 Å². The van der Waals surface area contributed by atoms with Crippen molar-refractivity contribution >= 4 is 17.2 Å². The second kappa shape index (κ2) is 11.2. The van der Waals surface area contributed by atoms with Crippen molar-refractivity contribution in [3.63, 3.8) is 0 Å². The molecule has 2 unspecified atom stereocenters. The molecule has 212 valence electrons. The molecule has 0 radical (unpaired) electrons. The molecule has 1 aromatic carbocycles. The lowest BCUT2D eigenvalue weighted by molar-refractivity contribution is 0.0707. The molecule has 3 aromatic rings. The number of likely N-dealkylation sites (tertiary alicyclic amines) is 1. The van der Waals surface area contributed by atoms with E-state index in [1.807, 2.05) is 24.4 Å². The smallest absolute Gasteiger partial charge is 0.169 e. The highest BCUT2D eigenvalue weighted by atomic mass is 16.5. The first-order valence-corrected chi connectivity index (χ1v) is 14.9. The molecule has 4 fully saturated rings. The van der Waals surface area contributed by atoms with Gasteiger partial charge in [0.15, 0.2) is 5.82 Å². The molecular formula is C32H37N7O2. The Kier molecular flexibility index (Phi) is 7.11. The third kappa shape index (κ3) is 5.18. The number of aromatic nitrogens is 3. The number of benzene rings is 1. The van der Waals surface area contributed by atoms with Crippen molar-refractivity contribution in [1.29, 1.82) is 0 Å². The fourth-order valence-corrected chi connectivity index (χ4v) is 7.22. The predicted molar refractivity (Wildman–Crippen MR) is 160 cm³/mol. The molecule has 9 nitrogen and oxygen atoms in total. The highest BCUT2D eigenvalue weighted by Gasteiger charge is 2.41. The topological polar surface area (TPSA) is 104 Å². The van der Waals surface area contributed by atoms with E-state index in [2.05, 4.69) is 53.9 Å². The lowest BCUT2D eigenvalue weighted by Crippen LogP contribution is -2.54. The van der Waals surface area contributed by atoms with Gasteiger partial charge in [-0.3, -0.25) is 4.90 Å². The largest absolute Gasteiger partial charge is 0.507 e. The number of nitrogens with zero attached hydrogens (tertiary/aromatic N) is 6. The van der Waals surface area contributed by atoms with E-state index in [0.29, 0.717) is 41.3 Å². The number of hydrogen-bond acceptors (Lipinski definition) is 9. The van der Waals surface area contributed by atoms with Gasteiger partial charge in [-0.15, -0.1) is 10.2 Å². The monoisotopic (exact) mass is 551 g/mol. The fraction of sp³-hybridized carbons (Fsp3) is 0.469. The molecule has 6 heterocycles. The molecule has 0 spiro atoms. The molecule has 2 aromatic heterocycles. The summed E-state index contributed by atoms with van der Waals surface area (Å²) >= 11 is 0. The maximum absolute atomic E-state index is 10.3. The maximum atomic E-state index is 10.3. The summed E-state index contributed by atoms with van der Waals surface area (Å²) in [6, 6.07) is 14.6. The zero-order valence-electron chi connectivity index (χ0n) is 23.3. The molecule has 3 N–H and O–H groups in total. The summed E-state index contributed by atoms with van der Waals surface area (Å²) in [6.45, 7) is 4.43. The van der Waals surface area contributed by atoms with Crippen molar-refractivity contribution in [2.75, 3.05) is 48.3 Å². The zero-order chi connectivity index (χ0) is 27.8. The number of anilines is 3. The summed E-state index contributed by atoms with van der Waals surface area (Å²) in [6.07, 6.45) is 9.27. The molecular weight excluding hydrogens is 514 g/mol. The van der Waals surface area contributed by atoms with Crippen LogP contribution in [0.1, 0.15) is 44.2 Å². The molecule has 9 heteroatoms. The van der Waals surface area contributed by atoms with Crippen LogP contribution in [0.15, 0.2) is 48.7 Å². The molecule has 4 aliphatic heterocycles. The van der Waals surface area contributed by atoms with Gasteiger partial charge in [0.2, 0.25) is 0 Å². The third-order valence-corrected chi connectivity index (χ3v) is 9.17. The van der Waals surface area contributed by atoms with Gasteiger partial charge in [0.25, 0.3) is 0 Å². The van der Waals surface area contributed by atoms with E-state index >= 15 is 0 Å². The molecule has 2 bridgehead atoms. The van der Waals surface area contributed by atoms with Crippen LogP contribution in [0.5, 0.6) is 5.75 Å². The molecule has 7 rings (SSSR count). The normalized spacial score (nSPS) is 25.9. The van der Waals surface area contributed by atoms with Gasteiger partial charge in [-0.1, -0.05) is 18.1 Å². The minimum Gasteiger partial charge on any atom is -0.507 e. The van der Waals surface area contributed by atoms with Gasteiger partial charge in [-0.25, -0.2) is 4.98 Å². The van der Waals surface area contributed by atoms with Gasteiger partial charge < -0.3 is 25.4 Å². The van der Waals surface area contributed by atoms with Crippen molar-refractivity contribution < 1.29 is 9.84 Å². The van der Waals surface area contributed by atoms with Crippen molar-refractivity contribution in [3.8, 4) is 28.8 Å². The van der Waals surface area contributed by atoms with E-state index in [1.165, 1.54) is 24.9 Å². The van der Waals surface area contributed by atoms with Crippen LogP contribution in [0, 0.1) is 11.8 Å². The number of ether oxygens (including phenoxy) is 1. The van der Waals surface area contributed by atoms with E-state index in [1.54, 1.807) is 12.1 Å². The molecule has 0 aliphatic carbocycles. The van der Waals surface area contributed by atoms with Gasteiger partial charge in [0.1, 0.15) is 11.4 Å². The first kappa shape index (κ1) is 26.1. The maximum Gasteiger partial charge on any atom is 0.169 e. The standard InChI is InChI=1S/C32H37N7O2/c33-32-29(19-27(35-36-32)26-7-1-2-8-30(26)40)38-20-24-10-11-25(21-38)39(24)23-12-14-34-22(18-23)6-5-16-37-15-4-3-9-31-28(37)13-17-41-31/h1-2,7-8,12,14,18-19,24-25,28,31,40H,3-4,9-11,13,15-17,20-21H2,(H2,33,36)/t24?,25?,28-,31-/m0/s1. The number of fused-ring (bicyclic) bond motifs is 3. The van der Waals surface area contributed by atoms with E-state index in [9.17, 15) is 5.11 Å². The number of piperazine rings is 1. The van der Waals surface area contributed by atoms with Gasteiger partial charge in [-0.2, -0.15) is 0 Å². The van der Waals surface area contributed by atoms with Crippen LogP contribution < -0.4 is 15.5 Å². The number of aromatic hydroxyl groups is 1. The molecule has 4 aliphatic rings. The number of rotatable bonds is 4. The molecule has 41 heavy (non-hydrogen) atoms. The average molecular weight is 552 g/mol. The van der Waals surface area contributed by atoms with Crippen LogP contribution in [0.25, 0.3) is 11.3 Å². The fourth-order valence-electron chi connectivity index (χ4n) is 7.22. The van der Waals surface area contributed by atoms with E-state index < -0.39 is 0 Å². The van der Waals surface area contributed by atoms with Crippen LogP contribution in [0.2, 0.25) is 0 Å². The highest BCUT2D eigenvalue weighted by molar-refractivity contribution is 5.74. The summed E-state index contributed by atoms with van der Waals surface area (Å²) in [5.41, 5.74) is 10.5. The van der Waals surface area contributed by atoms with E-state index in [4.69, 9.17) is 10.5 Å². The quantitative estimate of drug-likeness (QED) is 0.470. The molecule has 4 saturated heterocycles.